The highest BCUT2D eigenvalue weighted by molar-refractivity contribution is 7.89. The Bertz CT molecular complexity index is 1040. The molecule has 0 radical (unpaired) electrons. The molecule has 0 spiro atoms. The maximum Gasteiger partial charge on any atom is 0.312 e. The Kier molecular flexibility index (Phi) is 8.73. The van der Waals surface area contributed by atoms with Crippen molar-refractivity contribution in [1.82, 2.24) is 9.62 Å². The van der Waals surface area contributed by atoms with Gasteiger partial charge >= 0.3 is 5.69 Å². The van der Waals surface area contributed by atoms with Crippen LogP contribution in [0.4, 0.5) is 5.69 Å². The summed E-state index contributed by atoms with van der Waals surface area (Å²) in [5.74, 6) is -0.508. The standard InChI is InChI=1S/C22H29N3O6S/c1-5-24(6-2)32(29,30)18-12-13-20(19(14-18)25(27)28)31-15-21(26)23-22(16(3)4)17-10-8-7-9-11-17/h7-14,16,22H,5-6,15H2,1-4H3,(H,23,26). The second kappa shape index (κ2) is 11.1. The zero-order valence-electron chi connectivity index (χ0n) is 18.6. The Morgan fingerprint density at radius 2 is 1.75 bits per heavy atom. The highest BCUT2D eigenvalue weighted by Gasteiger charge is 2.27. The van der Waals surface area contributed by atoms with Gasteiger partial charge in [-0.2, -0.15) is 4.31 Å². The van der Waals surface area contributed by atoms with Gasteiger partial charge in [-0.3, -0.25) is 14.9 Å². The number of carbonyl (C=O) groups excluding carboxylic acids is 1. The lowest BCUT2D eigenvalue weighted by molar-refractivity contribution is -0.386. The number of amides is 1. The molecule has 0 heterocycles. The van der Waals surface area contributed by atoms with Crippen LogP contribution >= 0.6 is 0 Å². The molecule has 0 aliphatic heterocycles. The molecule has 0 saturated carbocycles. The third-order valence-electron chi connectivity index (χ3n) is 4.97. The monoisotopic (exact) mass is 463 g/mol. The van der Waals surface area contributed by atoms with Crippen LogP contribution in [0.5, 0.6) is 5.75 Å². The first kappa shape index (κ1) is 25.3. The lowest BCUT2D eigenvalue weighted by atomic mass is 9.96. The lowest BCUT2D eigenvalue weighted by Crippen LogP contribution is -2.35. The van der Waals surface area contributed by atoms with Gasteiger partial charge in [0.05, 0.1) is 15.9 Å². The van der Waals surface area contributed by atoms with E-state index in [0.717, 1.165) is 11.6 Å². The van der Waals surface area contributed by atoms with Crippen LogP contribution in [-0.4, -0.2) is 43.2 Å². The van der Waals surface area contributed by atoms with E-state index in [-0.39, 0.29) is 35.7 Å². The molecule has 2 rings (SSSR count). The van der Waals surface area contributed by atoms with Gasteiger partial charge in [0, 0.05) is 19.2 Å². The number of nitrogens with zero attached hydrogens (tertiary/aromatic N) is 2. The van der Waals surface area contributed by atoms with Gasteiger partial charge in [-0.05, 0) is 23.6 Å². The van der Waals surface area contributed by atoms with E-state index < -0.39 is 33.1 Å². The molecule has 174 valence electrons. The van der Waals surface area contributed by atoms with Crippen molar-refractivity contribution >= 4 is 21.6 Å². The fourth-order valence-electron chi connectivity index (χ4n) is 3.29. The molecule has 10 heteroatoms. The number of rotatable bonds is 11. The summed E-state index contributed by atoms with van der Waals surface area (Å²) in [6.45, 7) is 7.35. The van der Waals surface area contributed by atoms with E-state index in [0.29, 0.717) is 0 Å². The zero-order chi connectivity index (χ0) is 23.9. The van der Waals surface area contributed by atoms with E-state index in [2.05, 4.69) is 5.32 Å². The molecule has 0 aliphatic carbocycles. The van der Waals surface area contributed by atoms with Crippen molar-refractivity contribution in [1.29, 1.82) is 0 Å². The highest BCUT2D eigenvalue weighted by atomic mass is 32.2. The van der Waals surface area contributed by atoms with E-state index in [1.165, 1.54) is 16.4 Å². The molecule has 1 amide bonds. The van der Waals surface area contributed by atoms with Gasteiger partial charge in [-0.25, -0.2) is 8.42 Å². The summed E-state index contributed by atoms with van der Waals surface area (Å²) in [5, 5.41) is 14.4. The van der Waals surface area contributed by atoms with Gasteiger partial charge in [0.25, 0.3) is 5.91 Å². The largest absolute Gasteiger partial charge is 0.477 e. The third kappa shape index (κ3) is 6.04. The van der Waals surface area contributed by atoms with E-state index in [1.54, 1.807) is 13.8 Å². The summed E-state index contributed by atoms with van der Waals surface area (Å²) in [5.41, 5.74) is 0.419. The maximum absolute atomic E-state index is 12.7. The molecular formula is C22H29N3O6S. The molecule has 0 fully saturated rings. The lowest BCUT2D eigenvalue weighted by Gasteiger charge is -2.23. The maximum atomic E-state index is 12.7. The average Bonchev–Trinajstić information content (AvgIpc) is 2.76. The second-order valence-electron chi connectivity index (χ2n) is 7.46. The Hall–Kier alpha value is -2.98. The molecule has 9 nitrogen and oxygen atoms in total. The van der Waals surface area contributed by atoms with Gasteiger partial charge in [0.15, 0.2) is 12.4 Å². The van der Waals surface area contributed by atoms with Crippen molar-refractivity contribution < 1.29 is 22.9 Å². The van der Waals surface area contributed by atoms with Crippen LogP contribution in [0.1, 0.15) is 39.3 Å². The van der Waals surface area contributed by atoms with Crippen molar-refractivity contribution in [2.24, 2.45) is 5.92 Å². The Labute approximate surface area is 188 Å². The molecule has 2 aromatic rings. The SMILES string of the molecule is CCN(CC)S(=O)(=O)c1ccc(OCC(=O)NC(c2ccccc2)C(C)C)c([N+](=O)[O-])c1. The number of sulfonamides is 1. The molecular weight excluding hydrogens is 434 g/mol. The van der Waals surface area contributed by atoms with E-state index in [9.17, 15) is 23.3 Å². The fourth-order valence-corrected chi connectivity index (χ4v) is 4.77. The molecule has 2 aromatic carbocycles. The van der Waals surface area contributed by atoms with Crippen LogP contribution in [0.25, 0.3) is 0 Å². The first-order valence-corrected chi connectivity index (χ1v) is 11.8. The van der Waals surface area contributed by atoms with Crippen LogP contribution in [0.2, 0.25) is 0 Å². The number of hydrogen-bond donors (Lipinski definition) is 1. The zero-order valence-corrected chi connectivity index (χ0v) is 19.5. The summed E-state index contributed by atoms with van der Waals surface area (Å²) in [4.78, 5) is 23.1. The van der Waals surface area contributed by atoms with Crippen molar-refractivity contribution in [3.8, 4) is 5.75 Å². The molecule has 0 bridgehead atoms. The molecule has 32 heavy (non-hydrogen) atoms. The van der Waals surface area contributed by atoms with E-state index >= 15 is 0 Å². The van der Waals surface area contributed by atoms with Crippen LogP contribution in [0.3, 0.4) is 0 Å². The summed E-state index contributed by atoms with van der Waals surface area (Å²) in [7, 11) is -3.87. The number of benzene rings is 2. The number of ether oxygens (including phenoxy) is 1. The van der Waals surface area contributed by atoms with Crippen LogP contribution < -0.4 is 10.1 Å². The first-order chi connectivity index (χ1) is 15.1. The molecule has 0 aliphatic rings. The fraction of sp³-hybridized carbons (Fsp3) is 0.409. The highest BCUT2D eigenvalue weighted by Crippen LogP contribution is 2.31. The van der Waals surface area contributed by atoms with Gasteiger partial charge in [-0.1, -0.05) is 58.0 Å². The number of hydrogen-bond acceptors (Lipinski definition) is 6. The number of carbonyl (C=O) groups is 1. The van der Waals surface area contributed by atoms with E-state index in [1.807, 2.05) is 44.2 Å². The minimum absolute atomic E-state index is 0.111. The van der Waals surface area contributed by atoms with Crippen molar-refractivity contribution in [2.45, 2.75) is 38.6 Å². The molecule has 1 unspecified atom stereocenters. The summed E-state index contributed by atoms with van der Waals surface area (Å²) in [6.07, 6.45) is 0. The van der Waals surface area contributed by atoms with Gasteiger partial charge < -0.3 is 10.1 Å². The van der Waals surface area contributed by atoms with Crippen LogP contribution in [0.15, 0.2) is 53.4 Å². The summed E-state index contributed by atoms with van der Waals surface area (Å²) in [6, 6.07) is 12.6. The Morgan fingerprint density at radius 1 is 1.12 bits per heavy atom. The number of nitro benzene ring substituents is 1. The quantitative estimate of drug-likeness (QED) is 0.402. The van der Waals surface area contributed by atoms with Gasteiger partial charge in [0.2, 0.25) is 10.0 Å². The molecule has 1 N–H and O–H groups in total. The predicted octanol–water partition coefficient (Wildman–Crippen LogP) is 3.52. The molecule has 0 aromatic heterocycles. The normalized spacial score (nSPS) is 12.6. The topological polar surface area (TPSA) is 119 Å². The van der Waals surface area contributed by atoms with Gasteiger partial charge in [0.1, 0.15) is 0 Å². The van der Waals surface area contributed by atoms with E-state index in [4.69, 9.17) is 4.74 Å². The summed E-state index contributed by atoms with van der Waals surface area (Å²) >= 11 is 0. The second-order valence-corrected chi connectivity index (χ2v) is 9.40. The third-order valence-corrected chi connectivity index (χ3v) is 7.02. The van der Waals surface area contributed by atoms with Gasteiger partial charge in [-0.15, -0.1) is 0 Å². The molecule has 0 saturated heterocycles. The minimum atomic E-state index is -3.87. The minimum Gasteiger partial charge on any atom is -0.477 e. The average molecular weight is 464 g/mol. The summed E-state index contributed by atoms with van der Waals surface area (Å²) < 4.78 is 31.9. The van der Waals surface area contributed by atoms with Crippen LogP contribution in [-0.2, 0) is 14.8 Å². The molecule has 1 atom stereocenters. The predicted molar refractivity (Wildman–Crippen MR) is 121 cm³/mol. The van der Waals surface area contributed by atoms with Crippen molar-refractivity contribution in [3.05, 3.63) is 64.2 Å². The smallest absolute Gasteiger partial charge is 0.312 e. The Morgan fingerprint density at radius 3 is 2.28 bits per heavy atom. The number of nitro groups is 1. The Balaban J connectivity index is 2.18. The number of nitrogens with one attached hydrogen (secondary N) is 1. The van der Waals surface area contributed by atoms with Crippen molar-refractivity contribution in [2.75, 3.05) is 19.7 Å². The van der Waals surface area contributed by atoms with Crippen molar-refractivity contribution in [3.63, 3.8) is 0 Å². The van der Waals surface area contributed by atoms with Crippen LogP contribution in [0, 0.1) is 16.0 Å². The first-order valence-electron chi connectivity index (χ1n) is 10.4.